The molecule has 3 aromatic carbocycles. The van der Waals surface area contributed by atoms with Crippen LogP contribution in [0.4, 0.5) is 8.78 Å². The average Bonchev–Trinajstić information content (AvgIpc) is 2.82. The standard InChI is InChI=1S/C26H24F2N2O/c27-23-13-11-20(19-24(23)28)12-14-25(31)29-15-17-30(18-16-29)26(21-7-3-1-4-8-21)22-9-5-2-6-10-22/h1-14,19,26H,15-18H2. The second-order valence-corrected chi connectivity index (χ2v) is 7.59. The first-order chi connectivity index (χ1) is 15.1. The van der Waals surface area contributed by atoms with Crippen molar-refractivity contribution in [1.82, 2.24) is 9.80 Å². The molecule has 0 radical (unpaired) electrons. The lowest BCUT2D eigenvalue weighted by Gasteiger charge is -2.39. The van der Waals surface area contributed by atoms with E-state index in [4.69, 9.17) is 0 Å². The minimum Gasteiger partial charge on any atom is -0.337 e. The highest BCUT2D eigenvalue weighted by Crippen LogP contribution is 2.29. The molecule has 0 aliphatic carbocycles. The van der Waals surface area contributed by atoms with Crippen molar-refractivity contribution in [2.24, 2.45) is 0 Å². The molecule has 1 saturated heterocycles. The predicted octanol–water partition coefficient (Wildman–Crippen LogP) is 4.91. The summed E-state index contributed by atoms with van der Waals surface area (Å²) in [6.45, 7) is 2.71. The zero-order valence-corrected chi connectivity index (χ0v) is 17.1. The minimum absolute atomic E-state index is 0.125. The number of rotatable bonds is 5. The van der Waals surface area contributed by atoms with E-state index < -0.39 is 11.6 Å². The van der Waals surface area contributed by atoms with Gasteiger partial charge in [-0.15, -0.1) is 0 Å². The summed E-state index contributed by atoms with van der Waals surface area (Å²) in [7, 11) is 0. The van der Waals surface area contributed by atoms with Gasteiger partial charge in [-0.1, -0.05) is 66.7 Å². The molecule has 0 bridgehead atoms. The highest BCUT2D eigenvalue weighted by Gasteiger charge is 2.27. The molecule has 0 spiro atoms. The summed E-state index contributed by atoms with van der Waals surface area (Å²) in [5.74, 6) is -1.94. The lowest BCUT2D eigenvalue weighted by Crippen LogP contribution is -2.49. The predicted molar refractivity (Wildman–Crippen MR) is 118 cm³/mol. The zero-order chi connectivity index (χ0) is 21.6. The number of hydrogen-bond donors (Lipinski definition) is 0. The quantitative estimate of drug-likeness (QED) is 0.550. The van der Waals surface area contributed by atoms with Crippen LogP contribution in [0.15, 0.2) is 84.9 Å². The normalized spacial score (nSPS) is 15.0. The van der Waals surface area contributed by atoms with Crippen LogP contribution in [0, 0.1) is 11.6 Å². The lowest BCUT2D eigenvalue weighted by molar-refractivity contribution is -0.127. The first-order valence-corrected chi connectivity index (χ1v) is 10.4. The zero-order valence-electron chi connectivity index (χ0n) is 17.1. The Labute approximate surface area is 181 Å². The van der Waals surface area contributed by atoms with Crippen LogP contribution in [0.2, 0.25) is 0 Å². The molecule has 1 aliphatic heterocycles. The Bertz CT molecular complexity index is 1010. The summed E-state index contributed by atoms with van der Waals surface area (Å²) < 4.78 is 26.4. The van der Waals surface area contributed by atoms with Gasteiger partial charge in [-0.2, -0.15) is 0 Å². The number of benzene rings is 3. The molecule has 1 amide bonds. The van der Waals surface area contributed by atoms with Crippen molar-refractivity contribution >= 4 is 12.0 Å². The fourth-order valence-corrected chi connectivity index (χ4v) is 3.97. The molecule has 0 aromatic heterocycles. The van der Waals surface area contributed by atoms with E-state index in [1.165, 1.54) is 29.3 Å². The molecule has 3 aromatic rings. The van der Waals surface area contributed by atoms with E-state index >= 15 is 0 Å². The second-order valence-electron chi connectivity index (χ2n) is 7.59. The maximum Gasteiger partial charge on any atom is 0.246 e. The third-order valence-corrected chi connectivity index (χ3v) is 5.58. The molecule has 3 nitrogen and oxygen atoms in total. The van der Waals surface area contributed by atoms with Crippen molar-refractivity contribution in [3.8, 4) is 0 Å². The molecule has 0 atom stereocenters. The van der Waals surface area contributed by atoms with Gasteiger partial charge >= 0.3 is 0 Å². The average molecular weight is 418 g/mol. The molecule has 4 rings (SSSR count). The van der Waals surface area contributed by atoms with Gasteiger partial charge in [-0.25, -0.2) is 8.78 Å². The Morgan fingerprint density at radius 2 is 1.35 bits per heavy atom. The molecule has 1 fully saturated rings. The highest BCUT2D eigenvalue weighted by molar-refractivity contribution is 5.91. The van der Waals surface area contributed by atoms with Crippen LogP contribution in [-0.4, -0.2) is 41.9 Å². The number of amides is 1. The van der Waals surface area contributed by atoms with Crippen LogP contribution in [0.25, 0.3) is 6.08 Å². The van der Waals surface area contributed by atoms with E-state index in [0.717, 1.165) is 25.2 Å². The fraction of sp³-hybridized carbons (Fsp3) is 0.192. The molecule has 0 N–H and O–H groups in total. The van der Waals surface area contributed by atoms with E-state index in [9.17, 15) is 13.6 Å². The maximum absolute atomic E-state index is 13.3. The summed E-state index contributed by atoms with van der Waals surface area (Å²) in [4.78, 5) is 16.8. The lowest BCUT2D eigenvalue weighted by atomic mass is 9.96. The summed E-state index contributed by atoms with van der Waals surface area (Å²) >= 11 is 0. The molecule has 0 unspecified atom stereocenters. The monoisotopic (exact) mass is 418 g/mol. The SMILES string of the molecule is O=C(C=Cc1ccc(F)c(F)c1)N1CCN(C(c2ccccc2)c2ccccc2)CC1. The Balaban J connectivity index is 1.43. The third kappa shape index (κ3) is 5.06. The smallest absolute Gasteiger partial charge is 0.246 e. The van der Waals surface area contributed by atoms with Gasteiger partial charge in [0.05, 0.1) is 6.04 Å². The topological polar surface area (TPSA) is 23.6 Å². The highest BCUT2D eigenvalue weighted by atomic mass is 19.2. The van der Waals surface area contributed by atoms with Gasteiger partial charge < -0.3 is 4.90 Å². The second kappa shape index (κ2) is 9.67. The van der Waals surface area contributed by atoms with Gasteiger partial charge in [-0.05, 0) is 34.9 Å². The molecular formula is C26H24F2N2O. The van der Waals surface area contributed by atoms with Crippen molar-refractivity contribution < 1.29 is 13.6 Å². The molecular weight excluding hydrogens is 394 g/mol. The molecule has 0 saturated carbocycles. The van der Waals surface area contributed by atoms with Crippen LogP contribution in [0.1, 0.15) is 22.7 Å². The Hall–Kier alpha value is -3.31. The molecule has 5 heteroatoms. The number of nitrogens with zero attached hydrogens (tertiary/aromatic N) is 2. The van der Waals surface area contributed by atoms with Gasteiger partial charge in [-0.3, -0.25) is 9.69 Å². The molecule has 1 aliphatic rings. The van der Waals surface area contributed by atoms with Crippen LogP contribution in [-0.2, 0) is 4.79 Å². The van der Waals surface area contributed by atoms with Crippen molar-refractivity contribution in [3.05, 3.63) is 113 Å². The van der Waals surface area contributed by atoms with Gasteiger partial charge in [0.15, 0.2) is 11.6 Å². The van der Waals surface area contributed by atoms with E-state index in [0.29, 0.717) is 18.7 Å². The largest absolute Gasteiger partial charge is 0.337 e. The first kappa shape index (κ1) is 20.9. The number of carbonyl (C=O) groups excluding carboxylic acids is 1. The van der Waals surface area contributed by atoms with Crippen molar-refractivity contribution in [1.29, 1.82) is 0 Å². The number of halogens is 2. The van der Waals surface area contributed by atoms with Gasteiger partial charge in [0.25, 0.3) is 0 Å². The van der Waals surface area contributed by atoms with E-state index in [1.54, 1.807) is 4.90 Å². The Morgan fingerprint density at radius 1 is 0.774 bits per heavy atom. The number of piperazine rings is 1. The van der Waals surface area contributed by atoms with E-state index in [2.05, 4.69) is 29.2 Å². The van der Waals surface area contributed by atoms with Gasteiger partial charge in [0.2, 0.25) is 5.91 Å². The molecule has 31 heavy (non-hydrogen) atoms. The van der Waals surface area contributed by atoms with Crippen LogP contribution < -0.4 is 0 Å². The van der Waals surface area contributed by atoms with Crippen molar-refractivity contribution in [2.75, 3.05) is 26.2 Å². The molecule has 1 heterocycles. The third-order valence-electron chi connectivity index (χ3n) is 5.58. The van der Waals surface area contributed by atoms with E-state index in [1.807, 2.05) is 36.4 Å². The fourth-order valence-electron chi connectivity index (χ4n) is 3.97. The first-order valence-electron chi connectivity index (χ1n) is 10.4. The van der Waals surface area contributed by atoms with Crippen LogP contribution >= 0.6 is 0 Å². The maximum atomic E-state index is 13.3. The number of hydrogen-bond acceptors (Lipinski definition) is 2. The van der Waals surface area contributed by atoms with Crippen molar-refractivity contribution in [2.45, 2.75) is 6.04 Å². The van der Waals surface area contributed by atoms with Crippen molar-refractivity contribution in [3.63, 3.8) is 0 Å². The summed E-state index contributed by atoms with van der Waals surface area (Å²) in [5.41, 5.74) is 2.91. The summed E-state index contributed by atoms with van der Waals surface area (Å²) in [5, 5.41) is 0. The minimum atomic E-state index is -0.920. The Morgan fingerprint density at radius 3 is 1.90 bits per heavy atom. The van der Waals surface area contributed by atoms with Gasteiger partial charge in [0.1, 0.15) is 0 Å². The summed E-state index contributed by atoms with van der Waals surface area (Å²) in [6.07, 6.45) is 2.95. The molecule has 158 valence electrons. The summed E-state index contributed by atoms with van der Waals surface area (Å²) in [6, 6.07) is 24.5. The Kier molecular flexibility index (Phi) is 6.53. The van der Waals surface area contributed by atoms with E-state index in [-0.39, 0.29) is 11.9 Å². The van der Waals surface area contributed by atoms with Gasteiger partial charge in [0, 0.05) is 32.3 Å². The van der Waals surface area contributed by atoms with Crippen LogP contribution in [0.5, 0.6) is 0 Å². The number of carbonyl (C=O) groups is 1. The van der Waals surface area contributed by atoms with Crippen LogP contribution in [0.3, 0.4) is 0 Å².